The molecule has 8 heteroatoms. The lowest BCUT2D eigenvalue weighted by molar-refractivity contribution is -0.120. The monoisotopic (exact) mass is 492 g/mol. The highest BCUT2D eigenvalue weighted by Gasteiger charge is 2.18. The number of carbonyl (C=O) groups excluding carboxylic acids is 1. The van der Waals surface area contributed by atoms with Crippen LogP contribution in [-0.4, -0.2) is 48.6 Å². The molecular formula is C27H29ClN4O3. The number of hydrogen-bond acceptors (Lipinski definition) is 5. The highest BCUT2D eigenvalue weighted by Crippen LogP contribution is 2.26. The molecule has 0 aliphatic carbocycles. The van der Waals surface area contributed by atoms with Gasteiger partial charge in [0.1, 0.15) is 0 Å². The number of hydrogen-bond donors (Lipinski definition) is 2. The molecule has 7 nitrogen and oxygen atoms in total. The van der Waals surface area contributed by atoms with Gasteiger partial charge in [-0.15, -0.1) is 0 Å². The third kappa shape index (κ3) is 5.18. The summed E-state index contributed by atoms with van der Waals surface area (Å²) in [4.78, 5) is 28.6. The van der Waals surface area contributed by atoms with E-state index in [9.17, 15) is 9.59 Å². The second kappa shape index (κ2) is 10.3. The van der Waals surface area contributed by atoms with Crippen LogP contribution in [0.15, 0.2) is 53.5 Å². The number of benzene rings is 2. The topological polar surface area (TPSA) is 75.1 Å². The van der Waals surface area contributed by atoms with Gasteiger partial charge >= 0.3 is 0 Å². The Bertz CT molecular complexity index is 1390. The molecule has 0 unspecified atom stereocenters. The number of nitrogens with one attached hydrogen (secondary N) is 2. The first-order chi connectivity index (χ1) is 17.0. The highest BCUT2D eigenvalue weighted by atomic mass is 35.5. The van der Waals surface area contributed by atoms with Crippen LogP contribution in [0.2, 0.25) is 5.02 Å². The van der Waals surface area contributed by atoms with Crippen LogP contribution in [0.25, 0.3) is 16.3 Å². The number of amides is 1. The minimum absolute atomic E-state index is 0.0260. The van der Waals surface area contributed by atoms with Crippen LogP contribution in [0.1, 0.15) is 22.4 Å². The van der Waals surface area contributed by atoms with E-state index in [4.69, 9.17) is 16.3 Å². The molecule has 2 N–H and O–H groups in total. The third-order valence-electron chi connectivity index (χ3n) is 6.51. The third-order valence-corrected chi connectivity index (χ3v) is 6.77. The maximum absolute atomic E-state index is 13.5. The summed E-state index contributed by atoms with van der Waals surface area (Å²) in [6, 6.07) is 13.6. The molecular weight excluding hydrogens is 464 g/mol. The second-order valence-corrected chi connectivity index (χ2v) is 9.51. The van der Waals surface area contributed by atoms with Gasteiger partial charge < -0.3 is 19.8 Å². The summed E-state index contributed by atoms with van der Waals surface area (Å²) in [6.07, 6.45) is 1.85. The lowest BCUT2D eigenvalue weighted by Gasteiger charge is -2.26. The van der Waals surface area contributed by atoms with Gasteiger partial charge in [-0.1, -0.05) is 23.7 Å². The average Bonchev–Trinajstić information content (AvgIpc) is 3.19. The summed E-state index contributed by atoms with van der Waals surface area (Å²) in [5, 5.41) is 8.49. The molecule has 1 saturated heterocycles. The number of ether oxygens (including phenoxy) is 1. The predicted molar refractivity (Wildman–Crippen MR) is 138 cm³/mol. The SMILES string of the molecule is CNCc1cc2cc(CN3CCOCC3)cc3c(=O)c(CC(=O)NCc4ccc(Cl)cc4)cn1c23. The summed E-state index contributed by atoms with van der Waals surface area (Å²) in [6.45, 7) is 5.04. The number of morpholine rings is 1. The van der Waals surface area contributed by atoms with Gasteiger partial charge in [-0.2, -0.15) is 0 Å². The van der Waals surface area contributed by atoms with E-state index >= 15 is 0 Å². The Morgan fingerprint density at radius 3 is 2.57 bits per heavy atom. The Morgan fingerprint density at radius 2 is 1.83 bits per heavy atom. The van der Waals surface area contributed by atoms with Gasteiger partial charge in [-0.05, 0) is 48.5 Å². The van der Waals surface area contributed by atoms with Crippen LogP contribution >= 0.6 is 11.6 Å². The number of aromatic nitrogens is 1. The molecule has 0 atom stereocenters. The van der Waals surface area contributed by atoms with E-state index in [0.29, 0.717) is 29.1 Å². The van der Waals surface area contributed by atoms with Crippen molar-refractivity contribution in [3.05, 3.63) is 86.3 Å². The molecule has 1 fully saturated rings. The molecule has 2 aromatic heterocycles. The maximum Gasteiger partial charge on any atom is 0.224 e. The highest BCUT2D eigenvalue weighted by molar-refractivity contribution is 6.30. The van der Waals surface area contributed by atoms with Crippen molar-refractivity contribution in [2.24, 2.45) is 0 Å². The molecule has 3 heterocycles. The quantitative estimate of drug-likeness (QED) is 0.395. The zero-order chi connectivity index (χ0) is 24.4. The Labute approximate surface area is 209 Å². The molecule has 1 amide bonds. The van der Waals surface area contributed by atoms with E-state index in [0.717, 1.165) is 60.6 Å². The van der Waals surface area contributed by atoms with Gasteiger partial charge in [-0.3, -0.25) is 14.5 Å². The zero-order valence-electron chi connectivity index (χ0n) is 19.8. The van der Waals surface area contributed by atoms with Gasteiger partial charge in [0.2, 0.25) is 5.91 Å². The first kappa shape index (κ1) is 23.8. The number of halogens is 1. The van der Waals surface area contributed by atoms with Gasteiger partial charge in [-0.25, -0.2) is 0 Å². The van der Waals surface area contributed by atoms with Crippen molar-refractivity contribution >= 4 is 33.8 Å². The normalized spacial score (nSPS) is 14.7. The van der Waals surface area contributed by atoms with Crippen molar-refractivity contribution in [2.75, 3.05) is 33.4 Å². The first-order valence-corrected chi connectivity index (χ1v) is 12.3. The van der Waals surface area contributed by atoms with Crippen LogP contribution in [-0.2, 0) is 35.6 Å². The van der Waals surface area contributed by atoms with Crippen LogP contribution in [0.5, 0.6) is 0 Å². The lowest BCUT2D eigenvalue weighted by Crippen LogP contribution is -2.35. The fourth-order valence-electron chi connectivity index (χ4n) is 4.79. The van der Waals surface area contributed by atoms with E-state index in [2.05, 4.69) is 32.1 Å². The van der Waals surface area contributed by atoms with Crippen molar-refractivity contribution in [3.63, 3.8) is 0 Å². The van der Waals surface area contributed by atoms with Crippen LogP contribution in [0.3, 0.4) is 0 Å². The minimum atomic E-state index is -0.189. The standard InChI is InChI=1S/C27H29ClN4O3/c1-29-15-23-12-20-10-19(16-31-6-8-35-9-7-31)11-24-26(20)32(23)17-21(27(24)34)13-25(33)30-14-18-2-4-22(28)5-3-18/h2-5,10-12,17,29H,6-9,13-16H2,1H3,(H,30,33). The minimum Gasteiger partial charge on any atom is -0.379 e. The Hall–Kier alpha value is -2.97. The summed E-state index contributed by atoms with van der Waals surface area (Å²) >= 11 is 5.94. The molecule has 1 aliphatic heterocycles. The average molecular weight is 493 g/mol. The van der Waals surface area contributed by atoms with Crippen LogP contribution in [0.4, 0.5) is 0 Å². The largest absolute Gasteiger partial charge is 0.379 e. The number of rotatable bonds is 8. The van der Waals surface area contributed by atoms with E-state index in [1.807, 2.05) is 31.4 Å². The van der Waals surface area contributed by atoms with Crippen LogP contribution in [0, 0.1) is 0 Å². The Kier molecular flexibility index (Phi) is 7.02. The van der Waals surface area contributed by atoms with Crippen molar-refractivity contribution in [2.45, 2.75) is 26.1 Å². The van der Waals surface area contributed by atoms with Gasteiger partial charge in [0.15, 0.2) is 5.43 Å². The molecule has 4 aromatic rings. The maximum atomic E-state index is 13.5. The molecule has 0 spiro atoms. The molecule has 0 saturated carbocycles. The fourth-order valence-corrected chi connectivity index (χ4v) is 4.91. The molecule has 5 rings (SSSR count). The van der Waals surface area contributed by atoms with Crippen molar-refractivity contribution < 1.29 is 9.53 Å². The predicted octanol–water partition coefficient (Wildman–Crippen LogP) is 2.95. The molecule has 0 radical (unpaired) electrons. The first-order valence-electron chi connectivity index (χ1n) is 11.9. The summed E-state index contributed by atoms with van der Waals surface area (Å²) in [5.41, 5.74) is 4.43. The van der Waals surface area contributed by atoms with Crippen molar-refractivity contribution in [1.29, 1.82) is 0 Å². The van der Waals surface area contributed by atoms with Crippen molar-refractivity contribution in [3.8, 4) is 0 Å². The van der Waals surface area contributed by atoms with E-state index in [-0.39, 0.29) is 17.8 Å². The molecule has 182 valence electrons. The fraction of sp³-hybridized carbons (Fsp3) is 0.333. The second-order valence-electron chi connectivity index (χ2n) is 9.07. The zero-order valence-corrected chi connectivity index (χ0v) is 20.5. The van der Waals surface area contributed by atoms with E-state index in [1.165, 1.54) is 0 Å². The lowest BCUT2D eigenvalue weighted by atomic mass is 10.0. The van der Waals surface area contributed by atoms with Gasteiger partial charge in [0.05, 0.1) is 25.2 Å². The molecule has 0 bridgehead atoms. The van der Waals surface area contributed by atoms with Gasteiger partial charge in [0.25, 0.3) is 0 Å². The number of pyridine rings is 1. The molecule has 2 aromatic carbocycles. The van der Waals surface area contributed by atoms with Crippen LogP contribution < -0.4 is 16.1 Å². The molecule has 35 heavy (non-hydrogen) atoms. The summed E-state index contributed by atoms with van der Waals surface area (Å²) in [5.74, 6) is -0.189. The smallest absolute Gasteiger partial charge is 0.224 e. The number of carbonyl (C=O) groups is 1. The Morgan fingerprint density at radius 1 is 1.06 bits per heavy atom. The van der Waals surface area contributed by atoms with Crippen molar-refractivity contribution in [1.82, 2.24) is 19.9 Å². The van der Waals surface area contributed by atoms with Gasteiger partial charge in [0, 0.05) is 66.0 Å². The van der Waals surface area contributed by atoms with E-state index in [1.54, 1.807) is 12.1 Å². The number of nitrogens with zero attached hydrogens (tertiary/aromatic N) is 2. The Balaban J connectivity index is 1.45. The summed E-state index contributed by atoms with van der Waals surface area (Å²) in [7, 11) is 1.90. The van der Waals surface area contributed by atoms with E-state index < -0.39 is 0 Å². The summed E-state index contributed by atoms with van der Waals surface area (Å²) < 4.78 is 7.53. The molecule has 1 aliphatic rings.